The van der Waals surface area contributed by atoms with Crippen molar-refractivity contribution in [3.63, 3.8) is 0 Å². The molecule has 4 unspecified atom stereocenters. The van der Waals surface area contributed by atoms with E-state index in [0.717, 1.165) is 12.8 Å². The number of rotatable bonds is 9. The van der Waals surface area contributed by atoms with Crippen molar-refractivity contribution in [1.29, 1.82) is 0 Å². The van der Waals surface area contributed by atoms with E-state index < -0.39 is 5.60 Å². The Hall–Kier alpha value is -0.0800. The monoisotopic (exact) mass is 255 g/mol. The van der Waals surface area contributed by atoms with E-state index in [9.17, 15) is 5.11 Å². The van der Waals surface area contributed by atoms with E-state index in [2.05, 4.69) is 39.5 Å². The predicted octanol–water partition coefficient (Wildman–Crippen LogP) is 3.97. The summed E-state index contributed by atoms with van der Waals surface area (Å²) in [6.45, 7) is 11.1. The maximum Gasteiger partial charge on any atom is 0.0812 e. The molecule has 4 atom stereocenters. The first-order valence-electron chi connectivity index (χ1n) is 8.05. The second-order valence-corrected chi connectivity index (χ2v) is 6.02. The standard InChI is InChI=1S/C16H33NO/c1-6-10-11-12-14-15(16(18,8-3)9-4)17(14)13(5)7-2/h13-15,18H,6-12H2,1-5H3. The zero-order valence-electron chi connectivity index (χ0n) is 13.1. The Morgan fingerprint density at radius 3 is 2.17 bits per heavy atom. The SMILES string of the molecule is CCCCCC1C(C(O)(CC)CC)N1C(C)CC. The second-order valence-electron chi connectivity index (χ2n) is 6.02. The molecule has 1 aliphatic rings. The van der Waals surface area contributed by atoms with Crippen LogP contribution in [0.2, 0.25) is 0 Å². The van der Waals surface area contributed by atoms with Crippen LogP contribution in [0.3, 0.4) is 0 Å². The van der Waals surface area contributed by atoms with Crippen LogP contribution in [0.25, 0.3) is 0 Å². The molecule has 1 aliphatic heterocycles. The fourth-order valence-electron chi connectivity index (χ4n) is 3.33. The highest BCUT2D eigenvalue weighted by molar-refractivity contribution is 5.13. The van der Waals surface area contributed by atoms with Gasteiger partial charge in [-0.2, -0.15) is 0 Å². The molecule has 1 rings (SSSR count). The topological polar surface area (TPSA) is 23.2 Å². The summed E-state index contributed by atoms with van der Waals surface area (Å²) >= 11 is 0. The van der Waals surface area contributed by atoms with Gasteiger partial charge in [-0.25, -0.2) is 0 Å². The lowest BCUT2D eigenvalue weighted by atomic mass is 9.90. The quantitative estimate of drug-likeness (QED) is 0.498. The molecule has 18 heavy (non-hydrogen) atoms. The molecule has 0 radical (unpaired) electrons. The summed E-state index contributed by atoms with van der Waals surface area (Å²) in [5, 5.41) is 10.8. The molecule has 0 aromatic carbocycles. The van der Waals surface area contributed by atoms with Crippen molar-refractivity contribution in [2.45, 2.75) is 103 Å². The van der Waals surface area contributed by atoms with Gasteiger partial charge in [0.25, 0.3) is 0 Å². The Balaban J connectivity index is 2.63. The van der Waals surface area contributed by atoms with E-state index in [1.807, 2.05) is 0 Å². The summed E-state index contributed by atoms with van der Waals surface area (Å²) in [5.41, 5.74) is -0.458. The average Bonchev–Trinajstić information content (AvgIpc) is 3.12. The number of unbranched alkanes of at least 4 members (excludes halogenated alkanes) is 2. The maximum absolute atomic E-state index is 10.8. The van der Waals surface area contributed by atoms with Crippen molar-refractivity contribution in [3.05, 3.63) is 0 Å². The van der Waals surface area contributed by atoms with Crippen LogP contribution >= 0.6 is 0 Å². The first-order valence-corrected chi connectivity index (χ1v) is 8.05. The van der Waals surface area contributed by atoms with Crippen molar-refractivity contribution in [2.75, 3.05) is 0 Å². The maximum atomic E-state index is 10.8. The number of hydrogen-bond donors (Lipinski definition) is 1. The van der Waals surface area contributed by atoms with E-state index in [4.69, 9.17) is 0 Å². The normalized spacial score (nSPS) is 29.3. The van der Waals surface area contributed by atoms with Crippen LogP contribution in [0.1, 0.15) is 79.6 Å². The van der Waals surface area contributed by atoms with Crippen molar-refractivity contribution in [2.24, 2.45) is 0 Å². The van der Waals surface area contributed by atoms with E-state index in [1.54, 1.807) is 0 Å². The smallest absolute Gasteiger partial charge is 0.0812 e. The van der Waals surface area contributed by atoms with Gasteiger partial charge in [-0.05, 0) is 32.6 Å². The minimum absolute atomic E-state index is 0.416. The molecule has 0 amide bonds. The van der Waals surface area contributed by atoms with Gasteiger partial charge in [-0.15, -0.1) is 0 Å². The third-order valence-corrected chi connectivity index (χ3v) is 4.96. The second kappa shape index (κ2) is 6.91. The molecule has 0 aromatic heterocycles. The number of aliphatic hydroxyl groups is 1. The van der Waals surface area contributed by atoms with E-state index in [1.165, 1.54) is 32.1 Å². The summed E-state index contributed by atoms with van der Waals surface area (Å²) in [6.07, 6.45) is 8.14. The third kappa shape index (κ3) is 3.27. The Labute approximate surface area is 114 Å². The molecule has 108 valence electrons. The van der Waals surface area contributed by atoms with Crippen molar-refractivity contribution in [3.8, 4) is 0 Å². The van der Waals surface area contributed by atoms with Crippen LogP contribution in [-0.4, -0.2) is 33.7 Å². The van der Waals surface area contributed by atoms with Crippen molar-refractivity contribution in [1.82, 2.24) is 4.90 Å². The van der Waals surface area contributed by atoms with E-state index >= 15 is 0 Å². The predicted molar refractivity (Wildman–Crippen MR) is 78.8 cm³/mol. The van der Waals surface area contributed by atoms with Gasteiger partial charge >= 0.3 is 0 Å². The first kappa shape index (κ1) is 16.0. The van der Waals surface area contributed by atoms with Crippen LogP contribution in [0.5, 0.6) is 0 Å². The molecule has 0 aromatic rings. The minimum atomic E-state index is -0.458. The van der Waals surface area contributed by atoms with Gasteiger partial charge in [0, 0.05) is 12.1 Å². The van der Waals surface area contributed by atoms with E-state index in [0.29, 0.717) is 18.1 Å². The largest absolute Gasteiger partial charge is 0.388 e. The number of nitrogens with zero attached hydrogens (tertiary/aromatic N) is 1. The Kier molecular flexibility index (Phi) is 6.13. The van der Waals surface area contributed by atoms with Gasteiger partial charge in [0.05, 0.1) is 11.6 Å². The molecular formula is C16H33NO. The molecule has 0 aliphatic carbocycles. The van der Waals surface area contributed by atoms with Crippen molar-refractivity contribution < 1.29 is 5.11 Å². The highest BCUT2D eigenvalue weighted by atomic mass is 16.3. The van der Waals surface area contributed by atoms with Gasteiger partial charge in [0.15, 0.2) is 0 Å². The van der Waals surface area contributed by atoms with Gasteiger partial charge < -0.3 is 5.11 Å². The Morgan fingerprint density at radius 2 is 1.72 bits per heavy atom. The molecule has 2 nitrogen and oxygen atoms in total. The molecule has 2 heteroatoms. The molecule has 0 spiro atoms. The lowest BCUT2D eigenvalue weighted by Crippen LogP contribution is -2.37. The molecular weight excluding hydrogens is 222 g/mol. The van der Waals surface area contributed by atoms with Gasteiger partial charge in [-0.1, -0.05) is 47.0 Å². The molecule has 1 saturated heterocycles. The Bertz CT molecular complexity index is 237. The minimum Gasteiger partial charge on any atom is -0.388 e. The third-order valence-electron chi connectivity index (χ3n) is 4.96. The summed E-state index contributed by atoms with van der Waals surface area (Å²) in [7, 11) is 0. The highest BCUT2D eigenvalue weighted by Crippen LogP contribution is 2.45. The van der Waals surface area contributed by atoms with Gasteiger partial charge in [0.2, 0.25) is 0 Å². The molecule has 0 saturated carbocycles. The Morgan fingerprint density at radius 1 is 1.11 bits per heavy atom. The lowest BCUT2D eigenvalue weighted by molar-refractivity contribution is 0.0146. The van der Waals surface area contributed by atoms with Gasteiger partial charge in [0.1, 0.15) is 0 Å². The molecule has 1 heterocycles. The fraction of sp³-hybridized carbons (Fsp3) is 1.00. The summed E-state index contributed by atoms with van der Waals surface area (Å²) in [6, 6.07) is 1.67. The van der Waals surface area contributed by atoms with Crippen LogP contribution in [0, 0.1) is 0 Å². The molecule has 1 fully saturated rings. The zero-order chi connectivity index (χ0) is 13.8. The zero-order valence-corrected chi connectivity index (χ0v) is 13.1. The molecule has 0 bridgehead atoms. The van der Waals surface area contributed by atoms with E-state index in [-0.39, 0.29) is 0 Å². The summed E-state index contributed by atoms with van der Waals surface area (Å²) < 4.78 is 0. The van der Waals surface area contributed by atoms with Crippen LogP contribution < -0.4 is 0 Å². The number of hydrogen-bond acceptors (Lipinski definition) is 2. The summed E-state index contributed by atoms with van der Waals surface area (Å²) in [5.74, 6) is 0. The summed E-state index contributed by atoms with van der Waals surface area (Å²) in [4.78, 5) is 2.57. The first-order chi connectivity index (χ1) is 8.55. The fourth-order valence-corrected chi connectivity index (χ4v) is 3.33. The molecule has 1 N–H and O–H groups in total. The lowest BCUT2D eigenvalue weighted by Gasteiger charge is -2.26. The van der Waals surface area contributed by atoms with Crippen LogP contribution in [0.15, 0.2) is 0 Å². The van der Waals surface area contributed by atoms with Crippen LogP contribution in [0.4, 0.5) is 0 Å². The highest BCUT2D eigenvalue weighted by Gasteiger charge is 2.57. The van der Waals surface area contributed by atoms with Crippen molar-refractivity contribution >= 4 is 0 Å². The van der Waals surface area contributed by atoms with Crippen LogP contribution in [-0.2, 0) is 0 Å². The van der Waals surface area contributed by atoms with Gasteiger partial charge in [-0.3, -0.25) is 4.90 Å². The average molecular weight is 255 g/mol.